The van der Waals surface area contributed by atoms with Gasteiger partial charge in [0.1, 0.15) is 11.4 Å². The molecule has 29 heavy (non-hydrogen) atoms. The molecule has 2 aromatic carbocycles. The van der Waals surface area contributed by atoms with Crippen LogP contribution in [0.1, 0.15) is 37.4 Å². The highest BCUT2D eigenvalue weighted by molar-refractivity contribution is 14.0. The van der Waals surface area contributed by atoms with E-state index in [1.165, 1.54) is 6.26 Å². The molecule has 3 rings (SSSR count). The van der Waals surface area contributed by atoms with Gasteiger partial charge in [-0.25, -0.2) is 8.42 Å². The Hall–Kier alpha value is -1.81. The number of hydrogen-bond acceptors (Lipinski definition) is 4. The van der Waals surface area contributed by atoms with E-state index in [4.69, 9.17) is 4.74 Å². The van der Waals surface area contributed by atoms with E-state index in [9.17, 15) is 8.42 Å². The lowest BCUT2D eigenvalue weighted by molar-refractivity contribution is 0.0694. The van der Waals surface area contributed by atoms with Gasteiger partial charge in [0.25, 0.3) is 0 Å². The van der Waals surface area contributed by atoms with Crippen LogP contribution in [0.5, 0.6) is 5.75 Å². The van der Waals surface area contributed by atoms with Crippen LogP contribution in [0.4, 0.5) is 0 Å². The van der Waals surface area contributed by atoms with Gasteiger partial charge in [-0.1, -0.05) is 30.3 Å². The zero-order chi connectivity index (χ0) is 20.4. The Morgan fingerprint density at radius 2 is 1.83 bits per heavy atom. The predicted octanol–water partition coefficient (Wildman–Crippen LogP) is 3.68. The standard InChI is InChI=1S/C21H27N3O3S.HI/c1-21(2)13-18(17-7-5-6-8-19(17)27-21)24-20(22-3)23-14-15-9-11-16(12-10-15)28(4,25)26;/h5-12,18H,13-14H2,1-4H3,(H2,22,23,24);1H. The summed E-state index contributed by atoms with van der Waals surface area (Å²) in [5.74, 6) is 1.58. The third kappa shape index (κ3) is 6.08. The van der Waals surface area contributed by atoms with Crippen LogP contribution < -0.4 is 15.4 Å². The minimum absolute atomic E-state index is 0. The molecule has 0 saturated heterocycles. The van der Waals surface area contributed by atoms with Crippen LogP contribution >= 0.6 is 24.0 Å². The summed E-state index contributed by atoms with van der Waals surface area (Å²) in [7, 11) is -1.45. The van der Waals surface area contributed by atoms with Crippen LogP contribution in [0.15, 0.2) is 58.4 Å². The van der Waals surface area contributed by atoms with Crippen molar-refractivity contribution in [3.8, 4) is 5.75 Å². The molecule has 1 atom stereocenters. The summed E-state index contributed by atoms with van der Waals surface area (Å²) >= 11 is 0. The first-order valence-electron chi connectivity index (χ1n) is 9.22. The van der Waals surface area contributed by atoms with Gasteiger partial charge in [-0.3, -0.25) is 4.99 Å². The number of nitrogens with one attached hydrogen (secondary N) is 2. The fourth-order valence-electron chi connectivity index (χ4n) is 3.33. The molecular formula is C21H28IN3O3S. The third-order valence-corrected chi connectivity index (χ3v) is 5.85. The molecule has 0 aromatic heterocycles. The van der Waals surface area contributed by atoms with Gasteiger partial charge in [-0.2, -0.15) is 0 Å². The molecule has 1 heterocycles. The number of hydrogen-bond donors (Lipinski definition) is 2. The van der Waals surface area contributed by atoms with Gasteiger partial charge in [0, 0.05) is 31.8 Å². The van der Waals surface area contributed by atoms with E-state index < -0.39 is 9.84 Å². The van der Waals surface area contributed by atoms with E-state index >= 15 is 0 Å². The summed E-state index contributed by atoms with van der Waals surface area (Å²) in [6.07, 6.45) is 2.02. The van der Waals surface area contributed by atoms with Gasteiger partial charge < -0.3 is 15.4 Å². The molecule has 0 fully saturated rings. The maximum absolute atomic E-state index is 11.6. The molecule has 0 amide bonds. The average Bonchev–Trinajstić information content (AvgIpc) is 2.63. The minimum atomic E-state index is -3.18. The Morgan fingerprint density at radius 3 is 2.45 bits per heavy atom. The van der Waals surface area contributed by atoms with Crippen molar-refractivity contribution in [2.75, 3.05) is 13.3 Å². The van der Waals surface area contributed by atoms with Crippen LogP contribution in [0.25, 0.3) is 0 Å². The van der Waals surface area contributed by atoms with Crippen LogP contribution in [-0.2, 0) is 16.4 Å². The van der Waals surface area contributed by atoms with Crippen molar-refractivity contribution in [2.45, 2.75) is 43.4 Å². The Bertz CT molecular complexity index is 973. The number of fused-ring (bicyclic) bond motifs is 1. The zero-order valence-corrected chi connectivity index (χ0v) is 20.2. The molecule has 0 aliphatic carbocycles. The number of para-hydroxylation sites is 1. The van der Waals surface area contributed by atoms with E-state index in [0.717, 1.165) is 23.3 Å². The summed E-state index contributed by atoms with van der Waals surface area (Å²) in [5.41, 5.74) is 1.82. The number of guanidine groups is 1. The monoisotopic (exact) mass is 529 g/mol. The maximum Gasteiger partial charge on any atom is 0.191 e. The van der Waals surface area contributed by atoms with Gasteiger partial charge in [-0.05, 0) is 37.6 Å². The molecule has 8 heteroatoms. The van der Waals surface area contributed by atoms with Crippen molar-refractivity contribution in [1.82, 2.24) is 10.6 Å². The highest BCUT2D eigenvalue weighted by Gasteiger charge is 2.33. The number of aliphatic imine (C=N–C) groups is 1. The number of nitrogens with zero attached hydrogens (tertiary/aromatic N) is 1. The van der Waals surface area contributed by atoms with Crippen LogP contribution in [0, 0.1) is 0 Å². The van der Waals surface area contributed by atoms with E-state index in [2.05, 4.69) is 35.5 Å². The summed E-state index contributed by atoms with van der Waals surface area (Å²) in [4.78, 5) is 4.65. The van der Waals surface area contributed by atoms with Gasteiger partial charge >= 0.3 is 0 Å². The summed E-state index contributed by atoms with van der Waals surface area (Å²) in [5, 5.41) is 6.78. The number of sulfone groups is 1. The molecule has 1 unspecified atom stereocenters. The molecule has 1 aliphatic heterocycles. The van der Waals surface area contributed by atoms with Gasteiger partial charge in [0.2, 0.25) is 0 Å². The second kappa shape index (κ2) is 9.34. The average molecular weight is 529 g/mol. The molecule has 6 nitrogen and oxygen atoms in total. The second-order valence-electron chi connectivity index (χ2n) is 7.64. The molecule has 1 aliphatic rings. The summed E-state index contributed by atoms with van der Waals surface area (Å²) in [6.45, 7) is 4.70. The largest absolute Gasteiger partial charge is 0.487 e. The smallest absolute Gasteiger partial charge is 0.191 e. The van der Waals surface area contributed by atoms with Crippen molar-refractivity contribution in [3.63, 3.8) is 0 Å². The van der Waals surface area contributed by atoms with Crippen LogP contribution in [-0.4, -0.2) is 33.3 Å². The summed E-state index contributed by atoms with van der Waals surface area (Å²) < 4.78 is 29.2. The lowest BCUT2D eigenvalue weighted by Crippen LogP contribution is -2.45. The molecule has 158 valence electrons. The molecule has 0 radical (unpaired) electrons. The van der Waals surface area contributed by atoms with Gasteiger partial charge in [0.15, 0.2) is 15.8 Å². The van der Waals surface area contributed by atoms with Gasteiger partial charge in [0.05, 0.1) is 10.9 Å². The van der Waals surface area contributed by atoms with Crippen molar-refractivity contribution >= 4 is 39.8 Å². The van der Waals surface area contributed by atoms with Crippen LogP contribution in [0.2, 0.25) is 0 Å². The number of rotatable bonds is 4. The zero-order valence-electron chi connectivity index (χ0n) is 17.1. The third-order valence-electron chi connectivity index (χ3n) is 4.72. The molecule has 0 spiro atoms. The Balaban J connectivity index is 0.00000300. The lowest BCUT2D eigenvalue weighted by atomic mass is 9.90. The van der Waals surface area contributed by atoms with Gasteiger partial charge in [-0.15, -0.1) is 24.0 Å². The van der Waals surface area contributed by atoms with Crippen molar-refractivity contribution in [2.24, 2.45) is 4.99 Å². The fraction of sp³-hybridized carbons (Fsp3) is 0.381. The SMILES string of the molecule is CN=C(NCc1ccc(S(C)(=O)=O)cc1)NC1CC(C)(C)Oc2ccccc21.I. The first kappa shape index (κ1) is 23.5. The van der Waals surface area contributed by atoms with E-state index in [0.29, 0.717) is 17.4 Å². The molecule has 0 saturated carbocycles. The molecule has 0 bridgehead atoms. The highest BCUT2D eigenvalue weighted by atomic mass is 127. The number of ether oxygens (including phenoxy) is 1. The minimum Gasteiger partial charge on any atom is -0.487 e. The highest BCUT2D eigenvalue weighted by Crippen LogP contribution is 2.39. The Labute approximate surface area is 190 Å². The fourth-order valence-corrected chi connectivity index (χ4v) is 3.96. The topological polar surface area (TPSA) is 79.8 Å². The first-order chi connectivity index (χ1) is 13.2. The second-order valence-corrected chi connectivity index (χ2v) is 9.66. The van der Waals surface area contributed by atoms with Crippen molar-refractivity contribution in [3.05, 3.63) is 59.7 Å². The number of benzene rings is 2. The lowest BCUT2D eigenvalue weighted by Gasteiger charge is -2.38. The van der Waals surface area contributed by atoms with E-state index in [-0.39, 0.29) is 35.6 Å². The molecule has 2 N–H and O–H groups in total. The summed E-state index contributed by atoms with van der Waals surface area (Å²) in [6, 6.07) is 15.0. The van der Waals surface area contributed by atoms with Crippen molar-refractivity contribution < 1.29 is 13.2 Å². The predicted molar refractivity (Wildman–Crippen MR) is 127 cm³/mol. The van der Waals surface area contributed by atoms with E-state index in [1.54, 1.807) is 19.2 Å². The Kier molecular flexibility index (Phi) is 7.56. The quantitative estimate of drug-likeness (QED) is 0.359. The number of halogens is 1. The van der Waals surface area contributed by atoms with Crippen molar-refractivity contribution in [1.29, 1.82) is 0 Å². The molecular weight excluding hydrogens is 501 g/mol. The maximum atomic E-state index is 11.6. The Morgan fingerprint density at radius 1 is 1.17 bits per heavy atom. The first-order valence-corrected chi connectivity index (χ1v) is 11.1. The van der Waals surface area contributed by atoms with E-state index in [1.807, 2.05) is 30.3 Å². The normalized spacial score (nSPS) is 18.1. The van der Waals surface area contributed by atoms with Crippen LogP contribution in [0.3, 0.4) is 0 Å². The molecule has 2 aromatic rings.